The molecule has 1 aromatic carbocycles. The number of hydrogen-bond donors (Lipinski definition) is 2. The molecule has 21 heavy (non-hydrogen) atoms. The molecule has 0 fully saturated rings. The summed E-state index contributed by atoms with van der Waals surface area (Å²) in [5.74, 6) is 0. The Labute approximate surface area is 130 Å². The lowest BCUT2D eigenvalue weighted by Crippen LogP contribution is -2.01. The van der Waals surface area contributed by atoms with Crippen molar-refractivity contribution in [3.63, 3.8) is 0 Å². The second-order valence-corrected chi connectivity index (χ2v) is 5.73. The fraction of sp³-hybridized carbons (Fsp3) is 0.0714. The second kappa shape index (κ2) is 5.67. The van der Waals surface area contributed by atoms with Crippen LogP contribution in [0, 0.1) is 0 Å². The molecule has 0 aliphatic carbocycles. The zero-order chi connectivity index (χ0) is 14.8. The van der Waals surface area contributed by atoms with Crippen LogP contribution in [0.3, 0.4) is 0 Å². The van der Waals surface area contributed by atoms with Gasteiger partial charge in [0.15, 0.2) is 5.13 Å². The van der Waals surface area contributed by atoms with Gasteiger partial charge in [-0.3, -0.25) is 10.4 Å². The quantitative estimate of drug-likeness (QED) is 0.569. The number of nitrogens with one attached hydrogen (secondary N) is 1. The van der Waals surface area contributed by atoms with Crippen molar-refractivity contribution in [3.05, 3.63) is 46.6 Å². The lowest BCUT2D eigenvalue weighted by atomic mass is 10.2. The Balaban J connectivity index is 1.91. The van der Waals surface area contributed by atoms with Crippen LogP contribution in [0.2, 0.25) is 5.02 Å². The summed E-state index contributed by atoms with van der Waals surface area (Å²) in [4.78, 5) is 8.48. The molecule has 3 N–H and O–H groups in total. The summed E-state index contributed by atoms with van der Waals surface area (Å²) in [7, 11) is 0. The number of pyridine rings is 1. The first-order chi connectivity index (χ1) is 10.1. The van der Waals surface area contributed by atoms with Crippen molar-refractivity contribution in [1.29, 1.82) is 0 Å². The molecule has 0 bridgehead atoms. The van der Waals surface area contributed by atoms with Gasteiger partial charge in [0.05, 0.1) is 22.6 Å². The average molecular weight is 318 g/mol. The SMILES string of the molecule is CC(=NNc1ccnc2cc(Cl)ccc12)c1csc(N)n1. The van der Waals surface area contributed by atoms with Crippen molar-refractivity contribution < 1.29 is 0 Å². The maximum Gasteiger partial charge on any atom is 0.180 e. The van der Waals surface area contributed by atoms with E-state index in [1.165, 1.54) is 11.3 Å². The first-order valence-electron chi connectivity index (χ1n) is 6.19. The van der Waals surface area contributed by atoms with Gasteiger partial charge in [-0.15, -0.1) is 11.3 Å². The molecule has 3 rings (SSSR count). The number of benzene rings is 1. The number of fused-ring (bicyclic) bond motifs is 1. The Kier molecular flexibility index (Phi) is 3.72. The minimum absolute atomic E-state index is 0.531. The predicted molar refractivity (Wildman–Crippen MR) is 89.1 cm³/mol. The Hall–Kier alpha value is -2.18. The third kappa shape index (κ3) is 2.96. The van der Waals surface area contributed by atoms with Crippen LogP contribution in [0.15, 0.2) is 40.9 Å². The van der Waals surface area contributed by atoms with Crippen molar-refractivity contribution in [1.82, 2.24) is 9.97 Å². The molecular formula is C14H12ClN5S. The molecule has 2 heterocycles. The molecule has 0 radical (unpaired) electrons. The predicted octanol–water partition coefficient (Wildman–Crippen LogP) is 3.76. The topological polar surface area (TPSA) is 76.2 Å². The molecule has 0 saturated heterocycles. The van der Waals surface area contributed by atoms with E-state index in [-0.39, 0.29) is 0 Å². The van der Waals surface area contributed by atoms with E-state index in [1.54, 1.807) is 6.20 Å². The third-order valence-electron chi connectivity index (χ3n) is 2.94. The molecule has 0 aliphatic heterocycles. The molecular weight excluding hydrogens is 306 g/mol. The smallest absolute Gasteiger partial charge is 0.180 e. The van der Waals surface area contributed by atoms with Gasteiger partial charge in [0, 0.05) is 22.0 Å². The van der Waals surface area contributed by atoms with Crippen LogP contribution in [0.1, 0.15) is 12.6 Å². The van der Waals surface area contributed by atoms with Gasteiger partial charge in [0.2, 0.25) is 0 Å². The van der Waals surface area contributed by atoms with E-state index in [2.05, 4.69) is 20.5 Å². The highest BCUT2D eigenvalue weighted by Crippen LogP contribution is 2.24. The van der Waals surface area contributed by atoms with Crippen LogP contribution in [0.25, 0.3) is 10.9 Å². The first kappa shape index (κ1) is 13.8. The zero-order valence-corrected chi connectivity index (χ0v) is 12.7. The second-order valence-electron chi connectivity index (χ2n) is 4.40. The maximum atomic E-state index is 5.97. The molecule has 7 heteroatoms. The summed E-state index contributed by atoms with van der Waals surface area (Å²) < 4.78 is 0. The van der Waals surface area contributed by atoms with E-state index in [0.717, 1.165) is 28.0 Å². The molecule has 0 unspecified atom stereocenters. The maximum absolute atomic E-state index is 5.97. The van der Waals surface area contributed by atoms with Gasteiger partial charge in [-0.05, 0) is 31.2 Å². The van der Waals surface area contributed by atoms with E-state index >= 15 is 0 Å². The summed E-state index contributed by atoms with van der Waals surface area (Å²) in [5.41, 5.74) is 11.9. The van der Waals surface area contributed by atoms with Crippen molar-refractivity contribution >= 4 is 50.4 Å². The summed E-state index contributed by atoms with van der Waals surface area (Å²) >= 11 is 7.37. The highest BCUT2D eigenvalue weighted by molar-refractivity contribution is 7.13. The molecule has 2 aromatic heterocycles. The minimum atomic E-state index is 0.531. The van der Waals surface area contributed by atoms with Crippen molar-refractivity contribution in [3.8, 4) is 0 Å². The minimum Gasteiger partial charge on any atom is -0.375 e. The number of hydrogen-bond acceptors (Lipinski definition) is 6. The Morgan fingerprint density at radius 3 is 3.00 bits per heavy atom. The number of halogens is 1. The zero-order valence-electron chi connectivity index (χ0n) is 11.2. The summed E-state index contributed by atoms with van der Waals surface area (Å²) in [5, 5.41) is 8.36. The normalized spacial score (nSPS) is 11.8. The number of anilines is 2. The fourth-order valence-electron chi connectivity index (χ4n) is 1.87. The number of thiazole rings is 1. The molecule has 106 valence electrons. The Morgan fingerprint density at radius 1 is 1.38 bits per heavy atom. The highest BCUT2D eigenvalue weighted by Gasteiger charge is 2.04. The monoisotopic (exact) mass is 317 g/mol. The van der Waals surface area contributed by atoms with Crippen LogP contribution in [-0.4, -0.2) is 15.7 Å². The standard InChI is InChI=1S/C14H12ClN5S/c1-8(13-7-21-14(16)18-13)19-20-11-4-5-17-12-6-9(15)2-3-10(11)12/h2-7H,1H3,(H2,16,18)(H,17,20). The summed E-state index contributed by atoms with van der Waals surface area (Å²) in [6, 6.07) is 7.43. The van der Waals surface area contributed by atoms with E-state index < -0.39 is 0 Å². The van der Waals surface area contributed by atoms with E-state index in [4.69, 9.17) is 17.3 Å². The fourth-order valence-corrected chi connectivity index (χ4v) is 2.65. The van der Waals surface area contributed by atoms with E-state index in [1.807, 2.05) is 36.6 Å². The lowest BCUT2D eigenvalue weighted by molar-refractivity contribution is 1.28. The molecule has 3 aromatic rings. The van der Waals surface area contributed by atoms with Crippen LogP contribution in [0.4, 0.5) is 10.8 Å². The summed E-state index contributed by atoms with van der Waals surface area (Å²) in [6.45, 7) is 1.88. The summed E-state index contributed by atoms with van der Waals surface area (Å²) in [6.07, 6.45) is 1.71. The van der Waals surface area contributed by atoms with Crippen molar-refractivity contribution in [2.75, 3.05) is 11.2 Å². The van der Waals surface area contributed by atoms with Crippen LogP contribution in [0.5, 0.6) is 0 Å². The van der Waals surface area contributed by atoms with Gasteiger partial charge in [-0.1, -0.05) is 11.6 Å². The van der Waals surface area contributed by atoms with E-state index in [0.29, 0.717) is 10.2 Å². The van der Waals surface area contributed by atoms with Crippen LogP contribution >= 0.6 is 22.9 Å². The molecule has 0 amide bonds. The third-order valence-corrected chi connectivity index (χ3v) is 3.85. The van der Waals surface area contributed by atoms with Gasteiger partial charge < -0.3 is 5.73 Å². The van der Waals surface area contributed by atoms with Gasteiger partial charge in [0.25, 0.3) is 0 Å². The van der Waals surface area contributed by atoms with Crippen molar-refractivity contribution in [2.45, 2.75) is 6.92 Å². The number of rotatable bonds is 3. The molecule has 0 atom stereocenters. The van der Waals surface area contributed by atoms with E-state index in [9.17, 15) is 0 Å². The van der Waals surface area contributed by atoms with Crippen LogP contribution < -0.4 is 11.2 Å². The van der Waals surface area contributed by atoms with Gasteiger partial charge in [-0.2, -0.15) is 5.10 Å². The highest BCUT2D eigenvalue weighted by atomic mass is 35.5. The lowest BCUT2D eigenvalue weighted by Gasteiger charge is -2.06. The number of aromatic nitrogens is 2. The Bertz CT molecular complexity index is 827. The van der Waals surface area contributed by atoms with Gasteiger partial charge >= 0.3 is 0 Å². The number of nitrogen functional groups attached to an aromatic ring is 1. The number of nitrogens with two attached hydrogens (primary N) is 1. The van der Waals surface area contributed by atoms with Gasteiger partial charge in [0.1, 0.15) is 0 Å². The average Bonchev–Trinajstić information content (AvgIpc) is 2.91. The molecule has 0 spiro atoms. The van der Waals surface area contributed by atoms with Crippen LogP contribution in [-0.2, 0) is 0 Å². The number of nitrogens with zero attached hydrogens (tertiary/aromatic N) is 3. The van der Waals surface area contributed by atoms with Gasteiger partial charge in [-0.25, -0.2) is 4.98 Å². The van der Waals surface area contributed by atoms with Crippen molar-refractivity contribution in [2.24, 2.45) is 5.10 Å². The number of hydrazone groups is 1. The molecule has 0 aliphatic rings. The molecule has 5 nitrogen and oxygen atoms in total. The Morgan fingerprint density at radius 2 is 2.24 bits per heavy atom. The largest absolute Gasteiger partial charge is 0.375 e. The first-order valence-corrected chi connectivity index (χ1v) is 7.45. The molecule has 0 saturated carbocycles.